The first-order chi connectivity index (χ1) is 12.1. The molecule has 3 nitrogen and oxygen atoms in total. The molecule has 0 fully saturated rings. The Morgan fingerprint density at radius 2 is 1.52 bits per heavy atom. The highest BCUT2D eigenvalue weighted by Gasteiger charge is 2.22. The minimum Gasteiger partial charge on any atom is -0.477 e. The molecule has 1 heterocycles. The molecule has 0 saturated heterocycles. The van der Waals surface area contributed by atoms with Gasteiger partial charge in [0.2, 0.25) is 0 Å². The topological polar surface area (TPSA) is 42.2 Å². The van der Waals surface area contributed by atoms with Gasteiger partial charge >= 0.3 is 5.97 Å². The lowest BCUT2D eigenvalue weighted by molar-refractivity contribution is 0.0684. The Hall–Kier alpha value is -2.81. The molecule has 0 amide bonds. The Balaban J connectivity index is 2.07. The van der Waals surface area contributed by atoms with Crippen LogP contribution in [0.3, 0.4) is 0 Å². The monoisotopic (exact) mass is 333 g/mol. The van der Waals surface area contributed by atoms with Crippen LogP contribution in [-0.4, -0.2) is 15.6 Å². The Morgan fingerprint density at radius 1 is 0.960 bits per heavy atom. The normalized spacial score (nSPS) is 11.0. The molecule has 1 N–H and O–H groups in total. The van der Waals surface area contributed by atoms with Crippen molar-refractivity contribution in [1.29, 1.82) is 0 Å². The van der Waals surface area contributed by atoms with E-state index in [4.69, 9.17) is 0 Å². The number of aromatic carboxylic acids is 1. The molecule has 2 aromatic carbocycles. The highest BCUT2D eigenvalue weighted by Crippen LogP contribution is 2.26. The second-order valence-corrected chi connectivity index (χ2v) is 6.64. The van der Waals surface area contributed by atoms with Crippen LogP contribution in [0.4, 0.5) is 0 Å². The van der Waals surface area contributed by atoms with Crippen LogP contribution in [0.2, 0.25) is 0 Å². The van der Waals surface area contributed by atoms with E-state index in [2.05, 4.69) is 19.9 Å². The number of hydrogen-bond acceptors (Lipinski definition) is 1. The standard InChI is InChI=1S/C22H23NO2/c1-16(2)20-14-19(13-17-9-5-3-6-10-17)21(22(24)25)23(20)15-18-11-7-4-8-12-18/h3-12,14,16H,13,15H2,1-2H3,(H,24,25). The molecule has 0 saturated carbocycles. The minimum absolute atomic E-state index is 0.256. The van der Waals surface area contributed by atoms with E-state index in [1.165, 1.54) is 0 Å². The number of carboxylic acids is 1. The number of benzene rings is 2. The molecular formula is C22H23NO2. The summed E-state index contributed by atoms with van der Waals surface area (Å²) in [5.41, 5.74) is 4.56. The minimum atomic E-state index is -0.867. The summed E-state index contributed by atoms with van der Waals surface area (Å²) < 4.78 is 1.96. The third-order valence-corrected chi connectivity index (χ3v) is 4.42. The molecule has 0 bridgehead atoms. The van der Waals surface area contributed by atoms with Gasteiger partial charge in [-0.2, -0.15) is 0 Å². The summed E-state index contributed by atoms with van der Waals surface area (Å²) in [6.45, 7) is 4.79. The van der Waals surface area contributed by atoms with Crippen molar-refractivity contribution < 1.29 is 9.90 Å². The van der Waals surface area contributed by atoms with E-state index < -0.39 is 5.97 Å². The number of hydrogen-bond donors (Lipinski definition) is 1. The quantitative estimate of drug-likeness (QED) is 0.693. The van der Waals surface area contributed by atoms with E-state index in [-0.39, 0.29) is 5.92 Å². The van der Waals surface area contributed by atoms with E-state index in [0.29, 0.717) is 18.7 Å². The molecule has 0 aliphatic heterocycles. The first-order valence-electron chi connectivity index (χ1n) is 8.59. The van der Waals surface area contributed by atoms with Crippen molar-refractivity contribution in [2.75, 3.05) is 0 Å². The number of carbonyl (C=O) groups is 1. The summed E-state index contributed by atoms with van der Waals surface area (Å²) in [6, 6.07) is 22.1. The molecule has 25 heavy (non-hydrogen) atoms. The summed E-state index contributed by atoms with van der Waals surface area (Å²) in [7, 11) is 0. The van der Waals surface area contributed by atoms with Gasteiger partial charge in [0.25, 0.3) is 0 Å². The zero-order valence-corrected chi connectivity index (χ0v) is 14.6. The van der Waals surface area contributed by atoms with Crippen molar-refractivity contribution in [3.8, 4) is 0 Å². The predicted octanol–water partition coefficient (Wildman–Crippen LogP) is 4.95. The van der Waals surface area contributed by atoms with E-state index >= 15 is 0 Å². The smallest absolute Gasteiger partial charge is 0.352 e. The number of carboxylic acid groups (broad SMARTS) is 1. The largest absolute Gasteiger partial charge is 0.477 e. The number of nitrogens with zero attached hydrogens (tertiary/aromatic N) is 1. The van der Waals surface area contributed by atoms with Crippen LogP contribution in [-0.2, 0) is 13.0 Å². The maximum atomic E-state index is 12.0. The molecule has 0 aliphatic carbocycles. The van der Waals surface area contributed by atoms with Crippen LogP contribution in [0.5, 0.6) is 0 Å². The Morgan fingerprint density at radius 3 is 2.04 bits per heavy atom. The SMILES string of the molecule is CC(C)c1cc(Cc2ccccc2)c(C(=O)O)n1Cc1ccccc1. The van der Waals surface area contributed by atoms with Crippen LogP contribution in [0.1, 0.15) is 52.6 Å². The second kappa shape index (κ2) is 7.39. The molecule has 3 rings (SSSR count). The van der Waals surface area contributed by atoms with Gasteiger partial charge in [-0.1, -0.05) is 74.5 Å². The van der Waals surface area contributed by atoms with Gasteiger partial charge in [0, 0.05) is 12.2 Å². The molecule has 0 spiro atoms. The molecule has 0 radical (unpaired) electrons. The van der Waals surface area contributed by atoms with Gasteiger partial charge in [0.05, 0.1) is 0 Å². The van der Waals surface area contributed by atoms with Crippen LogP contribution < -0.4 is 0 Å². The lowest BCUT2D eigenvalue weighted by Gasteiger charge is -2.14. The first kappa shape index (κ1) is 17.0. The van der Waals surface area contributed by atoms with Crippen molar-refractivity contribution in [3.63, 3.8) is 0 Å². The third-order valence-electron chi connectivity index (χ3n) is 4.42. The van der Waals surface area contributed by atoms with Crippen molar-refractivity contribution in [1.82, 2.24) is 4.57 Å². The van der Waals surface area contributed by atoms with Gasteiger partial charge in [-0.3, -0.25) is 0 Å². The number of aromatic nitrogens is 1. The molecule has 3 heteroatoms. The molecule has 0 atom stereocenters. The predicted molar refractivity (Wildman–Crippen MR) is 100 cm³/mol. The molecule has 3 aromatic rings. The Kier molecular flexibility index (Phi) is 5.03. The van der Waals surface area contributed by atoms with Gasteiger partial charge in [-0.25, -0.2) is 4.79 Å². The van der Waals surface area contributed by atoms with E-state index in [9.17, 15) is 9.90 Å². The van der Waals surface area contributed by atoms with Gasteiger partial charge in [-0.15, -0.1) is 0 Å². The first-order valence-corrected chi connectivity index (χ1v) is 8.59. The average molecular weight is 333 g/mol. The molecule has 128 valence electrons. The Bertz CT molecular complexity index is 848. The van der Waals surface area contributed by atoms with E-state index in [1.807, 2.05) is 65.2 Å². The maximum Gasteiger partial charge on any atom is 0.352 e. The second-order valence-electron chi connectivity index (χ2n) is 6.64. The van der Waals surface area contributed by atoms with Gasteiger partial charge in [0.15, 0.2) is 0 Å². The fraction of sp³-hybridized carbons (Fsp3) is 0.227. The lowest BCUT2D eigenvalue weighted by atomic mass is 10.0. The highest BCUT2D eigenvalue weighted by atomic mass is 16.4. The summed E-state index contributed by atoms with van der Waals surface area (Å²) in [5.74, 6) is -0.611. The molecule has 0 aliphatic rings. The zero-order valence-electron chi connectivity index (χ0n) is 14.6. The summed E-state index contributed by atoms with van der Waals surface area (Å²) in [4.78, 5) is 12.0. The fourth-order valence-corrected chi connectivity index (χ4v) is 3.25. The average Bonchev–Trinajstić information content (AvgIpc) is 2.95. The van der Waals surface area contributed by atoms with Crippen LogP contribution in [0.25, 0.3) is 0 Å². The van der Waals surface area contributed by atoms with Crippen molar-refractivity contribution in [2.45, 2.75) is 32.7 Å². The Labute approximate surface area is 148 Å². The maximum absolute atomic E-state index is 12.0. The summed E-state index contributed by atoms with van der Waals surface area (Å²) in [6.07, 6.45) is 0.629. The van der Waals surface area contributed by atoms with Crippen LogP contribution in [0, 0.1) is 0 Å². The third kappa shape index (κ3) is 3.82. The van der Waals surface area contributed by atoms with Gasteiger partial charge in [0.1, 0.15) is 5.69 Å². The van der Waals surface area contributed by atoms with Gasteiger partial charge < -0.3 is 9.67 Å². The molecule has 0 unspecified atom stereocenters. The highest BCUT2D eigenvalue weighted by molar-refractivity contribution is 5.88. The van der Waals surface area contributed by atoms with Gasteiger partial charge in [-0.05, 0) is 35.1 Å². The van der Waals surface area contributed by atoms with Crippen molar-refractivity contribution in [2.24, 2.45) is 0 Å². The lowest BCUT2D eigenvalue weighted by Crippen LogP contribution is -2.14. The zero-order chi connectivity index (χ0) is 17.8. The van der Waals surface area contributed by atoms with Crippen LogP contribution >= 0.6 is 0 Å². The molecule has 1 aromatic heterocycles. The fourth-order valence-electron chi connectivity index (χ4n) is 3.25. The van der Waals surface area contributed by atoms with E-state index in [1.54, 1.807) is 0 Å². The van der Waals surface area contributed by atoms with Crippen LogP contribution in [0.15, 0.2) is 66.7 Å². The van der Waals surface area contributed by atoms with Crippen molar-refractivity contribution >= 4 is 5.97 Å². The molecular weight excluding hydrogens is 310 g/mol. The number of rotatable bonds is 6. The van der Waals surface area contributed by atoms with E-state index in [0.717, 1.165) is 22.4 Å². The van der Waals surface area contributed by atoms with Crippen molar-refractivity contribution in [3.05, 3.63) is 94.8 Å². The summed E-state index contributed by atoms with van der Waals surface area (Å²) >= 11 is 0. The summed E-state index contributed by atoms with van der Waals surface area (Å²) in [5, 5.41) is 9.88.